The molecule has 0 aliphatic carbocycles. The van der Waals surface area contributed by atoms with Crippen molar-refractivity contribution in [3.05, 3.63) is 95.7 Å². The lowest BCUT2D eigenvalue weighted by atomic mass is 10.00. The molecule has 9 atom stereocenters. The number of hydrogen-bond acceptors (Lipinski definition) is 19. The number of aromatic hydroxyl groups is 2. The number of phenols is 2. The second kappa shape index (κ2) is 40.0. The van der Waals surface area contributed by atoms with Crippen LogP contribution in [0.4, 0.5) is 0 Å². The topological polar surface area (TPSA) is 483 Å². The Kier molecular flexibility index (Phi) is 31.9. The van der Waals surface area contributed by atoms with E-state index in [1.807, 2.05) is 18.2 Å². The second-order valence-electron chi connectivity index (χ2n) is 24.6. The number of benzene rings is 3. The Morgan fingerprint density at radius 3 is 1.95 bits per heavy atom. The van der Waals surface area contributed by atoms with Crippen LogP contribution in [0.25, 0.3) is 10.9 Å². The van der Waals surface area contributed by atoms with Crippen molar-refractivity contribution >= 4 is 103 Å². The minimum atomic E-state index is -1.60. The summed E-state index contributed by atoms with van der Waals surface area (Å²) in [4.78, 5) is 173. The zero-order valence-corrected chi connectivity index (χ0v) is 56.7. The first kappa shape index (κ1) is 78.0. The van der Waals surface area contributed by atoms with Gasteiger partial charge in [-0.25, -0.2) is 0 Å². The number of H-pyrrole nitrogens is 1. The third-order valence-electron chi connectivity index (χ3n) is 16.6. The molecule has 11 amide bonds. The highest BCUT2D eigenvalue weighted by Crippen LogP contribution is 2.25. The Bertz CT molecular complexity index is 3370. The van der Waals surface area contributed by atoms with Gasteiger partial charge in [0.2, 0.25) is 65.0 Å². The average Bonchev–Trinajstić information content (AvgIpc) is 1.65. The molecule has 2 aliphatic heterocycles. The molecule has 4 aromatic rings. The summed E-state index contributed by atoms with van der Waals surface area (Å²) in [7, 11) is 1.80. The zero-order chi connectivity index (χ0) is 71.3. The van der Waals surface area contributed by atoms with E-state index in [0.717, 1.165) is 32.5 Å². The molecule has 2 fully saturated rings. The molecule has 2 aliphatic rings. The van der Waals surface area contributed by atoms with E-state index in [1.165, 1.54) is 53.4 Å². The minimum Gasteiger partial charge on any atom is -0.508 e. The molecule has 0 saturated carbocycles. The second-order valence-corrected chi connectivity index (χ2v) is 27.1. The smallest absolute Gasteiger partial charge is 0.303 e. The molecule has 0 radical (unpaired) electrons. The fraction of sp³-hybridized carbons (Fsp3) is 0.515. The summed E-state index contributed by atoms with van der Waals surface area (Å²) < 4.78 is 0. The van der Waals surface area contributed by atoms with Gasteiger partial charge in [-0.15, -0.1) is 0 Å². The predicted molar refractivity (Wildman–Crippen MR) is 368 cm³/mol. The van der Waals surface area contributed by atoms with E-state index in [-0.39, 0.29) is 86.6 Å². The lowest BCUT2D eigenvalue weighted by Crippen LogP contribution is -2.61. The van der Waals surface area contributed by atoms with Crippen LogP contribution in [0.2, 0.25) is 0 Å². The van der Waals surface area contributed by atoms with Crippen molar-refractivity contribution in [2.75, 3.05) is 50.8 Å². The number of carboxylic acid groups (broad SMARTS) is 1. The quantitative estimate of drug-likeness (QED) is 0.0320. The summed E-state index contributed by atoms with van der Waals surface area (Å²) in [6, 6.07) is 7.05. The fourth-order valence-electron chi connectivity index (χ4n) is 11.1. The molecular formula is C66H93N15O15S2. The number of phenolic OH excluding ortho intramolecular Hbond substituents is 2. The third-order valence-corrected chi connectivity index (χ3v) is 19.0. The Morgan fingerprint density at radius 2 is 1.31 bits per heavy atom. The van der Waals surface area contributed by atoms with Crippen LogP contribution in [0.3, 0.4) is 0 Å². The molecule has 32 heteroatoms. The summed E-state index contributed by atoms with van der Waals surface area (Å²) in [6.07, 6.45) is 2.74. The van der Waals surface area contributed by atoms with Crippen LogP contribution < -0.4 is 70.4 Å². The van der Waals surface area contributed by atoms with Crippen LogP contribution in [-0.4, -0.2) is 201 Å². The number of nitrogens with one attached hydrogen (secondary N) is 11. The molecule has 0 spiro atoms. The van der Waals surface area contributed by atoms with Crippen molar-refractivity contribution in [3.8, 4) is 11.5 Å². The van der Waals surface area contributed by atoms with Crippen molar-refractivity contribution in [1.29, 1.82) is 0 Å². The van der Waals surface area contributed by atoms with Crippen LogP contribution in [0.15, 0.2) is 79.0 Å². The average molecular weight is 1400 g/mol. The number of carbonyl (C=O) groups excluding carboxylic acids is 11. The Balaban J connectivity index is 1.35. The third kappa shape index (κ3) is 25.5. The van der Waals surface area contributed by atoms with Gasteiger partial charge in [-0.1, -0.05) is 84.3 Å². The molecule has 6 rings (SSSR count). The van der Waals surface area contributed by atoms with Gasteiger partial charge >= 0.3 is 5.97 Å². The highest BCUT2D eigenvalue weighted by atomic mass is 33.1. The first-order valence-corrected chi connectivity index (χ1v) is 35.4. The number of nitrogens with zero attached hydrogens (tertiary/aromatic N) is 1. The van der Waals surface area contributed by atoms with E-state index < -0.39 is 139 Å². The number of aromatic amines is 1. The van der Waals surface area contributed by atoms with E-state index in [9.17, 15) is 72.9 Å². The van der Waals surface area contributed by atoms with E-state index in [4.69, 9.17) is 17.2 Å². The maximum absolute atomic E-state index is 15.0. The number of amides is 11. The number of primary amides is 1. The van der Waals surface area contributed by atoms with Crippen molar-refractivity contribution < 1.29 is 72.9 Å². The molecule has 1 unspecified atom stereocenters. The molecule has 2 saturated heterocycles. The van der Waals surface area contributed by atoms with Crippen molar-refractivity contribution in [2.45, 2.75) is 158 Å². The van der Waals surface area contributed by atoms with Crippen LogP contribution in [-0.2, 0) is 76.8 Å². The number of aliphatic carboxylic acids is 1. The number of hydrogen-bond donors (Lipinski definition) is 17. The monoisotopic (exact) mass is 1400 g/mol. The van der Waals surface area contributed by atoms with Gasteiger partial charge in [0.15, 0.2) is 0 Å². The van der Waals surface area contributed by atoms with Gasteiger partial charge in [0.1, 0.15) is 59.8 Å². The summed E-state index contributed by atoms with van der Waals surface area (Å²) >= 11 is 0. The molecule has 3 heterocycles. The number of nitrogens with two attached hydrogens (primary N) is 3. The highest BCUT2D eigenvalue weighted by Gasteiger charge is 2.37. The maximum atomic E-state index is 15.0. The van der Waals surface area contributed by atoms with Gasteiger partial charge in [-0.2, -0.15) is 0 Å². The summed E-state index contributed by atoms with van der Waals surface area (Å²) in [6.45, 7) is 4.17. The van der Waals surface area contributed by atoms with Gasteiger partial charge in [0.05, 0.1) is 6.54 Å². The molecule has 98 heavy (non-hydrogen) atoms. The molecule has 1 aromatic heterocycles. The Hall–Kier alpha value is -8.98. The van der Waals surface area contributed by atoms with Crippen LogP contribution in [0.1, 0.15) is 101 Å². The van der Waals surface area contributed by atoms with E-state index in [0.29, 0.717) is 74.8 Å². The first-order chi connectivity index (χ1) is 46.9. The zero-order valence-electron chi connectivity index (χ0n) is 55.1. The largest absolute Gasteiger partial charge is 0.508 e. The molecule has 3 aromatic carbocycles. The normalized spacial score (nSPS) is 22.2. The van der Waals surface area contributed by atoms with Crippen LogP contribution >= 0.6 is 21.6 Å². The molecule has 20 N–H and O–H groups in total. The molecule has 0 bridgehead atoms. The SMILES string of the molecule is CC(C)[C@@H]1NC(=O)[C@@H](NC(=O)[C@H](Cc2ccc(O)cc2)NC(=O)CN(C(=O)CCN)C2CCNC2)CSSC[C@@H](C(N)=O)NC(=O)[C@H](CCC(=O)O)NC(=O)[C@H](Cc2c[nH]c3ccccc23)NC(=O)CCCCCNC(=O)[C@H](CCCCN)NC(=O)[C@H](Cc2ccc(O)cc2)NC1=O. The molecular weight excluding hydrogens is 1310 g/mol. The number of para-hydroxylation sites is 1. The van der Waals surface area contributed by atoms with Gasteiger partial charge in [0.25, 0.3) is 0 Å². The Morgan fingerprint density at radius 1 is 0.663 bits per heavy atom. The van der Waals surface area contributed by atoms with E-state index in [1.54, 1.807) is 26.1 Å². The van der Waals surface area contributed by atoms with Crippen molar-refractivity contribution in [1.82, 2.24) is 63.1 Å². The summed E-state index contributed by atoms with van der Waals surface area (Å²) in [5.41, 5.74) is 19.7. The van der Waals surface area contributed by atoms with Crippen molar-refractivity contribution in [2.24, 2.45) is 23.1 Å². The maximum Gasteiger partial charge on any atom is 0.303 e. The number of carboxylic acids is 1. The number of rotatable bonds is 23. The predicted octanol–water partition coefficient (Wildman–Crippen LogP) is -0.769. The van der Waals surface area contributed by atoms with Crippen LogP contribution in [0, 0.1) is 5.92 Å². The first-order valence-electron chi connectivity index (χ1n) is 32.9. The molecule has 30 nitrogen and oxygen atoms in total. The minimum absolute atomic E-state index is 0.0121. The lowest BCUT2D eigenvalue weighted by molar-refractivity contribution is -0.139. The standard InChI is InChI=1S/C66H93N15O15S2/c1-38(2)58-66(96)77-50(31-40-16-20-44(83)21-17-40)63(93)75-47(12-7-8-26-67)60(90)71-28-9-3-4-13-54(84)73-51(32-41-33-72-46-11-6-5-10-45(41)46)64(94)76-48(22-23-57(87)88)61(91)78-52(59(69)89)36-97-98-37-53(65(95)80-58)79-62(92)49(30-39-14-18-43(82)19-15-39)74-55(85)35-81(56(86)24-27-68)42-25-29-70-34-42/h5-6,10-11,14-21,33,38,42,47-53,58,70,72,82-83H,3-4,7-9,12-13,22-32,34-37,67-68H2,1-2H3,(H2,69,89)(H,71,90)(H,73,84)(H,74,85)(H,75,93)(H,76,94)(H,77,96)(H,78,91)(H,79,92)(H,80,95)(H,87,88)/t42?,47-,48-,49-,50-,51-,52-,53-,58-/m0/s1. The lowest BCUT2D eigenvalue weighted by Gasteiger charge is -2.30. The highest BCUT2D eigenvalue weighted by molar-refractivity contribution is 8.76. The Labute approximate surface area is 575 Å². The van der Waals surface area contributed by atoms with E-state index in [2.05, 4.69) is 58.2 Å². The van der Waals surface area contributed by atoms with Crippen molar-refractivity contribution in [3.63, 3.8) is 0 Å². The summed E-state index contributed by atoms with van der Waals surface area (Å²) in [5, 5.41) is 58.4. The number of aromatic nitrogens is 1. The fourth-order valence-corrected chi connectivity index (χ4v) is 13.4. The van der Waals surface area contributed by atoms with Gasteiger partial charge in [0, 0.05) is 92.8 Å². The summed E-state index contributed by atoms with van der Waals surface area (Å²) in [5.74, 6) is -11.5. The van der Waals surface area contributed by atoms with Gasteiger partial charge in [-0.05, 0) is 111 Å². The number of carbonyl (C=O) groups is 12. The number of fused-ring (bicyclic) bond motifs is 1. The number of unbranched alkanes of at least 4 members (excludes halogenated alkanes) is 1. The van der Waals surface area contributed by atoms with Gasteiger partial charge in [-0.3, -0.25) is 57.5 Å². The van der Waals surface area contributed by atoms with Crippen LogP contribution in [0.5, 0.6) is 11.5 Å². The molecule has 534 valence electrons. The van der Waals surface area contributed by atoms with E-state index >= 15 is 0 Å². The van der Waals surface area contributed by atoms with Gasteiger partial charge < -0.3 is 95.6 Å².